The SMILES string of the molecule is O=C(NCc1ccccc1)Nc1ccc(CCc2nc3ccccc3[nH]2)cc1. The highest BCUT2D eigenvalue weighted by Gasteiger charge is 2.04. The number of anilines is 1. The molecule has 0 radical (unpaired) electrons. The van der Waals surface area contributed by atoms with E-state index >= 15 is 0 Å². The Morgan fingerprint density at radius 2 is 1.57 bits per heavy atom. The van der Waals surface area contributed by atoms with Crippen molar-refractivity contribution in [3.8, 4) is 0 Å². The number of aromatic amines is 1. The summed E-state index contributed by atoms with van der Waals surface area (Å²) >= 11 is 0. The second-order valence-corrected chi connectivity index (χ2v) is 6.69. The molecule has 2 amide bonds. The maximum absolute atomic E-state index is 12.0. The van der Waals surface area contributed by atoms with Crippen molar-refractivity contribution in [2.45, 2.75) is 19.4 Å². The summed E-state index contributed by atoms with van der Waals surface area (Å²) in [6.45, 7) is 0.502. The molecule has 5 nitrogen and oxygen atoms in total. The number of H-pyrrole nitrogens is 1. The van der Waals surface area contributed by atoms with Gasteiger partial charge in [0.25, 0.3) is 0 Å². The average Bonchev–Trinajstić information content (AvgIpc) is 3.16. The zero-order valence-electron chi connectivity index (χ0n) is 15.5. The second kappa shape index (κ2) is 8.39. The smallest absolute Gasteiger partial charge is 0.319 e. The van der Waals surface area contributed by atoms with Crippen molar-refractivity contribution in [2.24, 2.45) is 0 Å². The quantitative estimate of drug-likeness (QED) is 0.462. The van der Waals surface area contributed by atoms with Gasteiger partial charge in [-0.1, -0.05) is 54.6 Å². The van der Waals surface area contributed by atoms with Crippen molar-refractivity contribution in [3.05, 3.63) is 95.8 Å². The topological polar surface area (TPSA) is 69.8 Å². The molecular weight excluding hydrogens is 348 g/mol. The van der Waals surface area contributed by atoms with Crippen LogP contribution in [-0.2, 0) is 19.4 Å². The van der Waals surface area contributed by atoms with Gasteiger partial charge < -0.3 is 15.6 Å². The molecule has 0 aliphatic carbocycles. The fourth-order valence-corrected chi connectivity index (χ4v) is 3.10. The van der Waals surface area contributed by atoms with E-state index in [4.69, 9.17) is 0 Å². The minimum Gasteiger partial charge on any atom is -0.342 e. The number of carbonyl (C=O) groups is 1. The van der Waals surface area contributed by atoms with E-state index in [9.17, 15) is 4.79 Å². The largest absolute Gasteiger partial charge is 0.342 e. The molecule has 4 aromatic rings. The Labute approximate surface area is 163 Å². The lowest BCUT2D eigenvalue weighted by atomic mass is 10.1. The number of carbonyl (C=O) groups excluding carboxylic acids is 1. The fourth-order valence-electron chi connectivity index (χ4n) is 3.10. The molecule has 0 aliphatic heterocycles. The Hall–Kier alpha value is -3.60. The first-order valence-electron chi connectivity index (χ1n) is 9.37. The fraction of sp³-hybridized carbons (Fsp3) is 0.130. The van der Waals surface area contributed by atoms with Gasteiger partial charge in [0.2, 0.25) is 0 Å². The van der Waals surface area contributed by atoms with Crippen molar-refractivity contribution in [3.63, 3.8) is 0 Å². The summed E-state index contributed by atoms with van der Waals surface area (Å²) in [5.74, 6) is 0.990. The van der Waals surface area contributed by atoms with Crippen LogP contribution in [0.5, 0.6) is 0 Å². The zero-order chi connectivity index (χ0) is 19.2. The van der Waals surface area contributed by atoms with Gasteiger partial charge in [-0.25, -0.2) is 9.78 Å². The van der Waals surface area contributed by atoms with Crippen molar-refractivity contribution in [1.82, 2.24) is 15.3 Å². The summed E-state index contributed by atoms with van der Waals surface area (Å²) in [5, 5.41) is 5.72. The van der Waals surface area contributed by atoms with E-state index in [1.165, 1.54) is 5.56 Å². The lowest BCUT2D eigenvalue weighted by molar-refractivity contribution is 0.251. The highest BCUT2D eigenvalue weighted by molar-refractivity contribution is 5.89. The molecule has 4 rings (SSSR count). The van der Waals surface area contributed by atoms with Crippen molar-refractivity contribution < 1.29 is 4.79 Å². The molecule has 0 spiro atoms. The molecule has 0 saturated heterocycles. The summed E-state index contributed by atoms with van der Waals surface area (Å²) in [6, 6.07) is 25.6. The summed E-state index contributed by atoms with van der Waals surface area (Å²) < 4.78 is 0. The normalized spacial score (nSPS) is 10.7. The minimum absolute atomic E-state index is 0.209. The number of rotatable bonds is 6. The molecule has 1 heterocycles. The van der Waals surface area contributed by atoms with Gasteiger partial charge in [-0.15, -0.1) is 0 Å². The van der Waals surface area contributed by atoms with Crippen LogP contribution in [0.1, 0.15) is 17.0 Å². The second-order valence-electron chi connectivity index (χ2n) is 6.69. The first kappa shape index (κ1) is 17.8. The van der Waals surface area contributed by atoms with Crippen LogP contribution in [0.3, 0.4) is 0 Å². The Balaban J connectivity index is 1.27. The maximum atomic E-state index is 12.0. The number of urea groups is 1. The molecule has 0 fully saturated rings. The molecule has 0 unspecified atom stereocenters. The third-order valence-electron chi connectivity index (χ3n) is 4.60. The maximum Gasteiger partial charge on any atom is 0.319 e. The monoisotopic (exact) mass is 370 g/mol. The van der Waals surface area contributed by atoms with Gasteiger partial charge in [0.15, 0.2) is 0 Å². The molecule has 3 N–H and O–H groups in total. The summed E-state index contributed by atoms with van der Waals surface area (Å²) in [4.78, 5) is 20.0. The number of nitrogens with one attached hydrogen (secondary N) is 3. The van der Waals surface area contributed by atoms with Crippen LogP contribution in [0.2, 0.25) is 0 Å². The number of fused-ring (bicyclic) bond motifs is 1. The molecular formula is C23H22N4O. The van der Waals surface area contributed by atoms with E-state index in [0.29, 0.717) is 6.54 Å². The predicted molar refractivity (Wildman–Crippen MR) is 112 cm³/mol. The number of hydrogen-bond acceptors (Lipinski definition) is 2. The standard InChI is InChI=1S/C23H22N4O/c28-23(24-16-18-6-2-1-3-7-18)25-19-13-10-17(11-14-19)12-15-22-26-20-8-4-5-9-21(20)27-22/h1-11,13-14H,12,15-16H2,(H,26,27)(H2,24,25,28). The Morgan fingerprint density at radius 3 is 2.36 bits per heavy atom. The summed E-state index contributed by atoms with van der Waals surface area (Å²) in [5.41, 5.74) is 5.12. The van der Waals surface area contributed by atoms with Crippen LogP contribution in [0, 0.1) is 0 Å². The van der Waals surface area contributed by atoms with Crippen LogP contribution < -0.4 is 10.6 Å². The van der Waals surface area contributed by atoms with E-state index in [1.54, 1.807) is 0 Å². The average molecular weight is 370 g/mol. The van der Waals surface area contributed by atoms with Gasteiger partial charge in [-0.2, -0.15) is 0 Å². The first-order chi connectivity index (χ1) is 13.8. The predicted octanol–water partition coefficient (Wildman–Crippen LogP) is 4.67. The van der Waals surface area contributed by atoms with Gasteiger partial charge >= 0.3 is 6.03 Å². The molecule has 1 aromatic heterocycles. The molecule has 0 bridgehead atoms. The van der Waals surface area contributed by atoms with Crippen LogP contribution in [0.15, 0.2) is 78.9 Å². The van der Waals surface area contributed by atoms with Crippen LogP contribution in [0.4, 0.5) is 10.5 Å². The number of aromatic nitrogens is 2. The molecule has 0 aliphatic rings. The van der Waals surface area contributed by atoms with E-state index in [1.807, 2.05) is 78.9 Å². The zero-order valence-corrected chi connectivity index (χ0v) is 15.5. The highest BCUT2D eigenvalue weighted by atomic mass is 16.2. The van der Waals surface area contributed by atoms with Crippen molar-refractivity contribution >= 4 is 22.8 Å². The van der Waals surface area contributed by atoms with Crippen molar-refractivity contribution in [2.75, 3.05) is 5.32 Å². The third kappa shape index (κ3) is 4.57. The third-order valence-corrected chi connectivity index (χ3v) is 4.60. The molecule has 0 saturated carbocycles. The lowest BCUT2D eigenvalue weighted by Crippen LogP contribution is -2.28. The van der Waals surface area contributed by atoms with Gasteiger partial charge in [-0.3, -0.25) is 0 Å². The van der Waals surface area contributed by atoms with E-state index < -0.39 is 0 Å². The van der Waals surface area contributed by atoms with E-state index in [-0.39, 0.29) is 6.03 Å². The minimum atomic E-state index is -0.209. The number of imidazole rings is 1. The van der Waals surface area contributed by atoms with Crippen LogP contribution in [-0.4, -0.2) is 16.0 Å². The van der Waals surface area contributed by atoms with Gasteiger partial charge in [0, 0.05) is 18.7 Å². The van der Waals surface area contributed by atoms with E-state index in [2.05, 4.69) is 20.6 Å². The summed E-state index contributed by atoms with van der Waals surface area (Å²) in [6.07, 6.45) is 1.74. The molecule has 28 heavy (non-hydrogen) atoms. The van der Waals surface area contributed by atoms with Gasteiger partial charge in [-0.05, 0) is 41.8 Å². The van der Waals surface area contributed by atoms with Gasteiger partial charge in [0.1, 0.15) is 5.82 Å². The molecule has 5 heteroatoms. The van der Waals surface area contributed by atoms with Crippen molar-refractivity contribution in [1.29, 1.82) is 0 Å². The van der Waals surface area contributed by atoms with Gasteiger partial charge in [0.05, 0.1) is 11.0 Å². The number of para-hydroxylation sites is 2. The number of nitrogens with zero attached hydrogens (tertiary/aromatic N) is 1. The molecule has 140 valence electrons. The molecule has 3 aromatic carbocycles. The Kier molecular flexibility index (Phi) is 5.33. The van der Waals surface area contributed by atoms with E-state index in [0.717, 1.165) is 41.0 Å². The highest BCUT2D eigenvalue weighted by Crippen LogP contribution is 2.14. The number of benzene rings is 3. The Bertz CT molecular complexity index is 1020. The van der Waals surface area contributed by atoms with Crippen LogP contribution >= 0.6 is 0 Å². The summed E-state index contributed by atoms with van der Waals surface area (Å²) in [7, 11) is 0. The first-order valence-corrected chi connectivity index (χ1v) is 9.37. The number of amides is 2. The number of aryl methyl sites for hydroxylation is 2. The molecule has 0 atom stereocenters. The number of hydrogen-bond donors (Lipinski definition) is 3. The van der Waals surface area contributed by atoms with Crippen LogP contribution in [0.25, 0.3) is 11.0 Å². The lowest BCUT2D eigenvalue weighted by Gasteiger charge is -2.08. The Morgan fingerprint density at radius 1 is 0.821 bits per heavy atom.